The third-order valence-corrected chi connectivity index (χ3v) is 4.03. The Morgan fingerprint density at radius 1 is 1.17 bits per heavy atom. The molecule has 1 N–H and O–H groups in total. The van der Waals surface area contributed by atoms with Gasteiger partial charge in [-0.15, -0.1) is 0 Å². The van der Waals surface area contributed by atoms with E-state index in [2.05, 4.69) is 10.3 Å². The van der Waals surface area contributed by atoms with Crippen molar-refractivity contribution in [2.75, 3.05) is 19.8 Å². The highest BCUT2D eigenvalue weighted by atomic mass is 16.5. The SMILES string of the molecule is Cc1ccc(OCCNC(=O)COC(=O)/C=C/c2nc3ccccc3o2)c(C)c1. The van der Waals surface area contributed by atoms with E-state index in [1.165, 1.54) is 12.2 Å². The van der Waals surface area contributed by atoms with Gasteiger partial charge >= 0.3 is 5.97 Å². The molecule has 150 valence electrons. The largest absolute Gasteiger partial charge is 0.491 e. The summed E-state index contributed by atoms with van der Waals surface area (Å²) < 4.78 is 16.0. The molecule has 0 aliphatic rings. The molecule has 1 heterocycles. The minimum atomic E-state index is -0.658. The lowest BCUT2D eigenvalue weighted by molar-refractivity contribution is -0.143. The molecule has 0 saturated heterocycles. The second-order valence-electron chi connectivity index (χ2n) is 6.43. The van der Waals surface area contributed by atoms with E-state index in [-0.39, 0.29) is 12.5 Å². The summed E-state index contributed by atoms with van der Waals surface area (Å²) in [4.78, 5) is 27.7. The number of nitrogens with zero attached hydrogens (tertiary/aromatic N) is 1. The van der Waals surface area contributed by atoms with Crippen molar-refractivity contribution in [2.45, 2.75) is 13.8 Å². The molecule has 7 heteroatoms. The van der Waals surface area contributed by atoms with Gasteiger partial charge in [-0.2, -0.15) is 0 Å². The Morgan fingerprint density at radius 2 is 2.00 bits per heavy atom. The highest BCUT2D eigenvalue weighted by molar-refractivity contribution is 5.89. The Hall–Kier alpha value is -3.61. The number of carbonyl (C=O) groups is 2. The van der Waals surface area contributed by atoms with Gasteiger partial charge in [-0.05, 0) is 37.6 Å². The summed E-state index contributed by atoms with van der Waals surface area (Å²) >= 11 is 0. The van der Waals surface area contributed by atoms with E-state index in [1.807, 2.05) is 50.2 Å². The van der Waals surface area contributed by atoms with E-state index >= 15 is 0 Å². The number of aromatic nitrogens is 1. The quantitative estimate of drug-likeness (QED) is 0.358. The number of fused-ring (bicyclic) bond motifs is 1. The molecule has 0 spiro atoms. The second kappa shape index (κ2) is 9.54. The topological polar surface area (TPSA) is 90.7 Å². The van der Waals surface area contributed by atoms with Gasteiger partial charge in [-0.1, -0.05) is 29.8 Å². The van der Waals surface area contributed by atoms with E-state index in [1.54, 1.807) is 6.07 Å². The number of rotatable bonds is 8. The fourth-order valence-electron chi connectivity index (χ4n) is 2.65. The van der Waals surface area contributed by atoms with Gasteiger partial charge in [0.05, 0.1) is 6.54 Å². The lowest BCUT2D eigenvalue weighted by Gasteiger charge is -2.10. The highest BCUT2D eigenvalue weighted by Crippen LogP contribution is 2.18. The maximum absolute atomic E-state index is 11.8. The lowest BCUT2D eigenvalue weighted by atomic mass is 10.1. The van der Waals surface area contributed by atoms with Gasteiger partial charge in [-0.25, -0.2) is 9.78 Å². The van der Waals surface area contributed by atoms with Crippen molar-refractivity contribution in [1.82, 2.24) is 10.3 Å². The van der Waals surface area contributed by atoms with E-state index in [4.69, 9.17) is 13.9 Å². The molecule has 3 rings (SSSR count). The van der Waals surface area contributed by atoms with Crippen molar-refractivity contribution in [1.29, 1.82) is 0 Å². The Labute approximate surface area is 168 Å². The van der Waals surface area contributed by atoms with Crippen LogP contribution >= 0.6 is 0 Å². The zero-order valence-electron chi connectivity index (χ0n) is 16.3. The zero-order chi connectivity index (χ0) is 20.6. The summed E-state index contributed by atoms with van der Waals surface area (Å²) in [5, 5.41) is 2.63. The molecule has 0 unspecified atom stereocenters. The lowest BCUT2D eigenvalue weighted by Crippen LogP contribution is -2.32. The average Bonchev–Trinajstić information content (AvgIpc) is 3.12. The number of hydrogen-bond acceptors (Lipinski definition) is 6. The first-order valence-electron chi connectivity index (χ1n) is 9.18. The molecule has 1 aromatic heterocycles. The summed E-state index contributed by atoms with van der Waals surface area (Å²) in [6.07, 6.45) is 2.57. The summed E-state index contributed by atoms with van der Waals surface area (Å²) in [6.45, 7) is 4.24. The molecule has 3 aromatic rings. The number of carbonyl (C=O) groups excluding carboxylic acids is 2. The number of ether oxygens (including phenoxy) is 2. The Bertz CT molecular complexity index is 1010. The Kier molecular flexibility index (Phi) is 6.63. The van der Waals surface area contributed by atoms with Crippen LogP contribution in [0.4, 0.5) is 0 Å². The van der Waals surface area contributed by atoms with E-state index in [0.29, 0.717) is 24.3 Å². The summed E-state index contributed by atoms with van der Waals surface area (Å²) in [6, 6.07) is 13.2. The van der Waals surface area contributed by atoms with Crippen molar-refractivity contribution < 1.29 is 23.5 Å². The monoisotopic (exact) mass is 394 g/mol. The van der Waals surface area contributed by atoms with Gasteiger partial charge in [0, 0.05) is 12.2 Å². The molecule has 0 fully saturated rings. The number of benzene rings is 2. The number of aryl methyl sites for hydroxylation is 2. The minimum Gasteiger partial charge on any atom is -0.491 e. The third-order valence-electron chi connectivity index (χ3n) is 4.03. The van der Waals surface area contributed by atoms with Gasteiger partial charge < -0.3 is 19.2 Å². The van der Waals surface area contributed by atoms with Crippen LogP contribution in [0.2, 0.25) is 0 Å². The fraction of sp³-hybridized carbons (Fsp3) is 0.227. The number of amides is 1. The number of hydrogen-bond donors (Lipinski definition) is 1. The van der Waals surface area contributed by atoms with E-state index < -0.39 is 11.9 Å². The van der Waals surface area contributed by atoms with E-state index in [9.17, 15) is 9.59 Å². The molecule has 0 aliphatic heterocycles. The minimum absolute atomic E-state index is 0.288. The first-order chi connectivity index (χ1) is 14.0. The van der Waals surface area contributed by atoms with Crippen molar-refractivity contribution in [3.05, 3.63) is 65.6 Å². The smallest absolute Gasteiger partial charge is 0.331 e. The summed E-state index contributed by atoms with van der Waals surface area (Å²) in [5.41, 5.74) is 3.52. The maximum atomic E-state index is 11.8. The number of nitrogens with one attached hydrogen (secondary N) is 1. The van der Waals surface area contributed by atoms with Crippen LogP contribution in [-0.2, 0) is 14.3 Å². The van der Waals surface area contributed by atoms with Crippen molar-refractivity contribution in [2.24, 2.45) is 0 Å². The number of para-hydroxylation sites is 2. The first kappa shape index (κ1) is 20.1. The molecule has 0 radical (unpaired) electrons. The Morgan fingerprint density at radius 3 is 2.79 bits per heavy atom. The standard InChI is InChI=1S/C22H22N2O5/c1-15-7-8-18(16(2)13-15)27-12-11-23-20(25)14-28-22(26)10-9-21-24-17-5-3-4-6-19(17)29-21/h3-10,13H,11-12,14H2,1-2H3,(H,23,25)/b10-9+. The van der Waals surface area contributed by atoms with Crippen LogP contribution < -0.4 is 10.1 Å². The van der Waals surface area contributed by atoms with Crippen LogP contribution in [0, 0.1) is 13.8 Å². The zero-order valence-corrected chi connectivity index (χ0v) is 16.3. The van der Waals surface area contributed by atoms with Crippen LogP contribution in [0.3, 0.4) is 0 Å². The van der Waals surface area contributed by atoms with Gasteiger partial charge in [0.2, 0.25) is 5.89 Å². The summed E-state index contributed by atoms with van der Waals surface area (Å²) in [7, 11) is 0. The average molecular weight is 394 g/mol. The van der Waals surface area contributed by atoms with Crippen LogP contribution in [0.1, 0.15) is 17.0 Å². The molecule has 29 heavy (non-hydrogen) atoms. The normalized spacial score (nSPS) is 11.0. The Balaban J connectivity index is 1.35. The van der Waals surface area contributed by atoms with Crippen LogP contribution in [-0.4, -0.2) is 36.6 Å². The molecule has 0 bridgehead atoms. The first-order valence-corrected chi connectivity index (χ1v) is 9.18. The molecule has 0 aliphatic carbocycles. The molecule has 0 atom stereocenters. The molecular formula is C22H22N2O5. The predicted octanol–water partition coefficient (Wildman–Crippen LogP) is 3.20. The van der Waals surface area contributed by atoms with Crippen LogP contribution in [0.5, 0.6) is 5.75 Å². The number of esters is 1. The molecule has 7 nitrogen and oxygen atoms in total. The van der Waals surface area contributed by atoms with Gasteiger partial charge in [-0.3, -0.25) is 4.79 Å². The van der Waals surface area contributed by atoms with Crippen LogP contribution in [0.25, 0.3) is 17.2 Å². The highest BCUT2D eigenvalue weighted by Gasteiger charge is 2.07. The van der Waals surface area contributed by atoms with Crippen LogP contribution in [0.15, 0.2) is 53.0 Å². The van der Waals surface area contributed by atoms with Crippen molar-refractivity contribution in [3.8, 4) is 5.75 Å². The van der Waals surface area contributed by atoms with Crippen molar-refractivity contribution >= 4 is 29.1 Å². The molecule has 1 amide bonds. The molecule has 0 saturated carbocycles. The maximum Gasteiger partial charge on any atom is 0.331 e. The number of oxazole rings is 1. The molecular weight excluding hydrogens is 372 g/mol. The molecule has 2 aromatic carbocycles. The van der Waals surface area contributed by atoms with Crippen molar-refractivity contribution in [3.63, 3.8) is 0 Å². The van der Waals surface area contributed by atoms with E-state index in [0.717, 1.165) is 16.9 Å². The third kappa shape index (κ3) is 5.93. The summed E-state index contributed by atoms with van der Waals surface area (Å²) in [5.74, 6) is 0.00327. The second-order valence-corrected chi connectivity index (χ2v) is 6.43. The predicted molar refractivity (Wildman–Crippen MR) is 108 cm³/mol. The van der Waals surface area contributed by atoms with Gasteiger partial charge in [0.25, 0.3) is 5.91 Å². The fourth-order valence-corrected chi connectivity index (χ4v) is 2.65. The van der Waals surface area contributed by atoms with Gasteiger partial charge in [0.15, 0.2) is 12.2 Å². The van der Waals surface area contributed by atoms with Gasteiger partial charge in [0.1, 0.15) is 17.9 Å².